The number of sulfonamides is 1. The monoisotopic (exact) mass is 455 g/mol. The van der Waals surface area contributed by atoms with Crippen LogP contribution in [-0.2, 0) is 14.8 Å². The molecular weight excluding hydrogens is 423 g/mol. The highest BCUT2D eigenvalue weighted by Gasteiger charge is 2.50. The maximum Gasteiger partial charge on any atom is 0.511 e. The lowest BCUT2D eigenvalue weighted by molar-refractivity contribution is -0.0484. The van der Waals surface area contributed by atoms with Crippen molar-refractivity contribution in [3.8, 4) is 0 Å². The van der Waals surface area contributed by atoms with E-state index in [1.807, 2.05) is 20.8 Å². The van der Waals surface area contributed by atoms with Crippen molar-refractivity contribution in [2.24, 2.45) is 11.3 Å². The number of hydrogen-bond donors (Lipinski definition) is 1. The first-order valence-electron chi connectivity index (χ1n) is 10.5. The van der Waals surface area contributed by atoms with Crippen molar-refractivity contribution in [3.63, 3.8) is 0 Å². The second-order valence-corrected chi connectivity index (χ2v) is 11.8. The van der Waals surface area contributed by atoms with Gasteiger partial charge in [0.2, 0.25) is 0 Å². The molecule has 2 heterocycles. The molecule has 1 atom stereocenters. The number of ether oxygens (including phenoxy) is 1. The molecule has 1 N–H and O–H groups in total. The first-order valence-corrected chi connectivity index (χ1v) is 12.0. The number of rotatable bonds is 4. The summed E-state index contributed by atoms with van der Waals surface area (Å²) in [5.41, 5.74) is -5.68. The van der Waals surface area contributed by atoms with Gasteiger partial charge in [0.05, 0.1) is 0 Å². The van der Waals surface area contributed by atoms with Crippen LogP contribution in [0.25, 0.3) is 0 Å². The van der Waals surface area contributed by atoms with Gasteiger partial charge in [-0.25, -0.2) is 17.9 Å². The van der Waals surface area contributed by atoms with Crippen molar-refractivity contribution >= 4 is 16.1 Å². The largest absolute Gasteiger partial charge is 0.511 e. The Kier molecular flexibility index (Phi) is 6.39. The van der Waals surface area contributed by atoms with Crippen LogP contribution < -0.4 is 4.72 Å². The summed E-state index contributed by atoms with van der Waals surface area (Å²) in [4.78, 5) is 16.3. The smallest absolute Gasteiger partial charge is 0.444 e. The van der Waals surface area contributed by atoms with Gasteiger partial charge in [0, 0.05) is 38.8 Å². The van der Waals surface area contributed by atoms with E-state index < -0.39 is 27.2 Å². The molecule has 0 unspecified atom stereocenters. The Morgan fingerprint density at radius 2 is 1.73 bits per heavy atom. The van der Waals surface area contributed by atoms with Crippen LogP contribution in [0.3, 0.4) is 0 Å². The zero-order chi connectivity index (χ0) is 22.4. The fraction of sp³-hybridized carbons (Fsp3) is 0.947. The van der Waals surface area contributed by atoms with E-state index in [1.54, 1.807) is 9.62 Å². The molecule has 30 heavy (non-hydrogen) atoms. The zero-order valence-corrected chi connectivity index (χ0v) is 18.6. The molecule has 3 rings (SSSR count). The summed E-state index contributed by atoms with van der Waals surface area (Å²) < 4.78 is 67.4. The lowest BCUT2D eigenvalue weighted by atomic mass is 9.67. The molecule has 174 valence electrons. The summed E-state index contributed by atoms with van der Waals surface area (Å²) >= 11 is 0. The third kappa shape index (κ3) is 5.59. The lowest BCUT2D eigenvalue weighted by Gasteiger charge is -2.54. The van der Waals surface area contributed by atoms with Gasteiger partial charge in [-0.3, -0.25) is 0 Å². The number of nitrogens with zero attached hydrogens (tertiary/aromatic N) is 2. The van der Waals surface area contributed by atoms with Gasteiger partial charge in [0.15, 0.2) is 0 Å². The molecule has 1 saturated carbocycles. The molecule has 0 aromatic rings. The molecule has 11 heteroatoms. The minimum atomic E-state index is -5.28. The van der Waals surface area contributed by atoms with Crippen molar-refractivity contribution < 1.29 is 31.1 Å². The van der Waals surface area contributed by atoms with Crippen molar-refractivity contribution in [3.05, 3.63) is 0 Å². The van der Waals surface area contributed by atoms with E-state index >= 15 is 0 Å². The fourth-order valence-electron chi connectivity index (χ4n) is 4.82. The Bertz CT molecular complexity index is 735. The number of nitrogens with one attached hydrogen (secondary N) is 1. The van der Waals surface area contributed by atoms with Gasteiger partial charge in [-0.2, -0.15) is 13.2 Å². The van der Waals surface area contributed by atoms with Gasteiger partial charge in [-0.1, -0.05) is 0 Å². The fourth-order valence-corrected chi connectivity index (χ4v) is 5.63. The van der Waals surface area contributed by atoms with E-state index in [4.69, 9.17) is 4.74 Å². The van der Waals surface area contributed by atoms with Gasteiger partial charge in [0.25, 0.3) is 0 Å². The van der Waals surface area contributed by atoms with Gasteiger partial charge in [0.1, 0.15) is 5.60 Å². The number of likely N-dealkylation sites (tertiary alicyclic amines) is 2. The summed E-state index contributed by atoms with van der Waals surface area (Å²) in [5, 5.41) is 0. The molecule has 1 amide bonds. The number of alkyl halides is 3. The molecule has 0 bridgehead atoms. The Morgan fingerprint density at radius 3 is 2.27 bits per heavy atom. The van der Waals surface area contributed by atoms with E-state index in [9.17, 15) is 26.4 Å². The molecule has 3 aliphatic rings. The summed E-state index contributed by atoms with van der Waals surface area (Å²) in [6.07, 6.45) is 2.97. The lowest BCUT2D eigenvalue weighted by Crippen LogP contribution is -2.60. The first-order chi connectivity index (χ1) is 13.7. The third-order valence-electron chi connectivity index (χ3n) is 6.24. The molecule has 3 fully saturated rings. The highest BCUT2D eigenvalue weighted by atomic mass is 32.2. The Balaban J connectivity index is 1.39. The summed E-state index contributed by atoms with van der Waals surface area (Å²) in [6, 6.07) is -0.645. The second kappa shape index (κ2) is 8.12. The molecular formula is C19H32F3N3O4S. The Labute approximate surface area is 176 Å². The predicted octanol–water partition coefficient (Wildman–Crippen LogP) is 2.93. The van der Waals surface area contributed by atoms with Crippen molar-refractivity contribution in [2.45, 2.75) is 70.0 Å². The van der Waals surface area contributed by atoms with Crippen LogP contribution in [0.1, 0.15) is 52.9 Å². The van der Waals surface area contributed by atoms with Crippen LogP contribution in [0, 0.1) is 11.3 Å². The second-order valence-electron chi connectivity index (χ2n) is 10.1. The highest BCUT2D eigenvalue weighted by Crippen LogP contribution is 2.44. The van der Waals surface area contributed by atoms with E-state index in [2.05, 4.69) is 4.90 Å². The normalized spacial score (nSPS) is 26.1. The van der Waals surface area contributed by atoms with Crippen LogP contribution in [-0.4, -0.2) is 74.2 Å². The van der Waals surface area contributed by atoms with E-state index in [0.717, 1.165) is 38.9 Å². The number of amides is 1. The molecule has 1 spiro atoms. The van der Waals surface area contributed by atoms with Gasteiger partial charge in [-0.15, -0.1) is 0 Å². The van der Waals surface area contributed by atoms with Crippen LogP contribution in [0.4, 0.5) is 18.0 Å². The van der Waals surface area contributed by atoms with Crippen molar-refractivity contribution in [2.75, 3.05) is 32.7 Å². The Hall–Kier alpha value is -1.07. The average molecular weight is 456 g/mol. The molecule has 0 aromatic heterocycles. The minimum Gasteiger partial charge on any atom is -0.444 e. The van der Waals surface area contributed by atoms with E-state index in [0.29, 0.717) is 31.8 Å². The van der Waals surface area contributed by atoms with Gasteiger partial charge in [-0.05, 0) is 64.2 Å². The highest BCUT2D eigenvalue weighted by molar-refractivity contribution is 7.90. The summed E-state index contributed by atoms with van der Waals surface area (Å²) in [6.45, 7) is 9.58. The number of carbonyl (C=O) groups is 1. The van der Waals surface area contributed by atoms with E-state index in [1.165, 1.54) is 0 Å². The van der Waals surface area contributed by atoms with Gasteiger partial charge >= 0.3 is 21.6 Å². The van der Waals surface area contributed by atoms with Crippen molar-refractivity contribution in [1.29, 1.82) is 0 Å². The molecule has 2 saturated heterocycles. The Morgan fingerprint density at radius 1 is 1.13 bits per heavy atom. The number of halogens is 3. The van der Waals surface area contributed by atoms with E-state index in [-0.39, 0.29) is 11.5 Å². The first kappa shape index (κ1) is 23.6. The third-order valence-corrected chi connectivity index (χ3v) is 7.50. The standard InChI is InChI=1S/C19H32F3N3O4S/c1-17(2,3)29-16(26)25-9-6-14(11-25)10-24-12-18(13-24)7-4-15(5-8-18)23-30(27,28)19(20,21)22/h14-15,23H,4-13H2,1-3H3/t14-/m0/s1. The van der Waals surface area contributed by atoms with Crippen LogP contribution in [0.2, 0.25) is 0 Å². The summed E-state index contributed by atoms with van der Waals surface area (Å²) in [5.74, 6) is 0.393. The number of hydrogen-bond acceptors (Lipinski definition) is 5. The average Bonchev–Trinajstić information content (AvgIpc) is 3.01. The maximum atomic E-state index is 12.5. The SMILES string of the molecule is CC(C)(C)OC(=O)N1CC[C@@H](CN2CC3(CCC(NS(=O)(=O)C(F)(F)F)CC3)C2)C1. The van der Waals surface area contributed by atoms with Crippen LogP contribution >= 0.6 is 0 Å². The minimum absolute atomic E-state index is 0.0869. The molecule has 1 aliphatic carbocycles. The van der Waals surface area contributed by atoms with Crippen LogP contribution in [0.15, 0.2) is 0 Å². The van der Waals surface area contributed by atoms with Crippen LogP contribution in [0.5, 0.6) is 0 Å². The summed E-state index contributed by atoms with van der Waals surface area (Å²) in [7, 11) is -5.28. The quantitative estimate of drug-likeness (QED) is 0.705. The zero-order valence-electron chi connectivity index (χ0n) is 17.8. The number of carbonyl (C=O) groups excluding carboxylic acids is 1. The molecule has 0 aromatic carbocycles. The topological polar surface area (TPSA) is 79.0 Å². The maximum absolute atomic E-state index is 12.5. The molecule has 2 aliphatic heterocycles. The predicted molar refractivity (Wildman–Crippen MR) is 105 cm³/mol. The van der Waals surface area contributed by atoms with Gasteiger partial charge < -0.3 is 14.5 Å². The van der Waals surface area contributed by atoms with Crippen molar-refractivity contribution in [1.82, 2.24) is 14.5 Å². The molecule has 0 radical (unpaired) electrons. The molecule has 7 nitrogen and oxygen atoms in total.